The molecule has 7 nitrogen and oxygen atoms in total. The van der Waals surface area contributed by atoms with Crippen molar-refractivity contribution in [1.82, 2.24) is 19.8 Å². The zero-order valence-electron chi connectivity index (χ0n) is 15.1. The number of hydrogen-bond donors (Lipinski definition) is 3. The smallest absolute Gasteiger partial charge is 0.244 e. The second-order valence-electron chi connectivity index (χ2n) is 7.24. The van der Waals surface area contributed by atoms with Crippen LogP contribution in [0, 0.1) is 0 Å². The lowest BCUT2D eigenvalue weighted by atomic mass is 9.98. The first-order chi connectivity index (χ1) is 12.2. The van der Waals surface area contributed by atoms with E-state index in [-0.39, 0.29) is 16.8 Å². The molecular formula is C17H26N4O3S2. The third-order valence-electron chi connectivity index (χ3n) is 5.16. The third-order valence-corrected chi connectivity index (χ3v) is 7.62. The highest BCUT2D eigenvalue weighted by atomic mass is 32.2. The molecule has 3 rings (SSSR count). The second-order valence-corrected chi connectivity index (χ2v) is 9.63. The molecule has 2 saturated heterocycles. The van der Waals surface area contributed by atoms with E-state index in [0.717, 1.165) is 6.54 Å². The molecule has 2 heterocycles. The fourth-order valence-corrected chi connectivity index (χ4v) is 5.55. The molecule has 2 aliphatic heterocycles. The Labute approximate surface area is 160 Å². The van der Waals surface area contributed by atoms with Crippen molar-refractivity contribution >= 4 is 28.6 Å². The van der Waals surface area contributed by atoms with Crippen molar-refractivity contribution in [2.75, 3.05) is 39.3 Å². The van der Waals surface area contributed by atoms with Crippen molar-refractivity contribution in [2.24, 2.45) is 0 Å². The molecular weight excluding hydrogens is 372 g/mol. The number of carbonyl (C=O) groups excluding carboxylic acids is 1. The highest BCUT2D eigenvalue weighted by Crippen LogP contribution is 2.24. The topological polar surface area (TPSA) is 81.8 Å². The molecule has 0 aliphatic carbocycles. The Morgan fingerprint density at radius 2 is 1.96 bits per heavy atom. The van der Waals surface area contributed by atoms with Crippen LogP contribution in [0.2, 0.25) is 0 Å². The highest BCUT2D eigenvalue weighted by Gasteiger charge is 2.40. The molecule has 0 unspecified atom stereocenters. The van der Waals surface area contributed by atoms with Crippen molar-refractivity contribution in [1.29, 1.82) is 0 Å². The quantitative estimate of drug-likeness (QED) is 0.629. The number of carbonyl (C=O) groups is 1. The summed E-state index contributed by atoms with van der Waals surface area (Å²) in [5, 5.41) is 6.27. The first-order valence-corrected chi connectivity index (χ1v) is 10.7. The van der Waals surface area contributed by atoms with Crippen LogP contribution in [0.25, 0.3) is 0 Å². The van der Waals surface area contributed by atoms with Gasteiger partial charge in [0.05, 0.1) is 10.4 Å². The van der Waals surface area contributed by atoms with Crippen LogP contribution in [-0.2, 0) is 14.8 Å². The van der Waals surface area contributed by atoms with Gasteiger partial charge in [-0.3, -0.25) is 9.69 Å². The van der Waals surface area contributed by atoms with Gasteiger partial charge in [0.15, 0.2) is 0 Å². The summed E-state index contributed by atoms with van der Waals surface area (Å²) in [6, 6.07) is 6.72. The van der Waals surface area contributed by atoms with Crippen molar-refractivity contribution in [3.05, 3.63) is 24.3 Å². The Bertz CT molecular complexity index is 782. The minimum atomic E-state index is -3.59. The van der Waals surface area contributed by atoms with E-state index in [1.54, 1.807) is 24.3 Å². The number of rotatable bonds is 4. The lowest BCUT2D eigenvalue weighted by Crippen LogP contribution is -2.65. The lowest BCUT2D eigenvalue weighted by molar-refractivity contribution is -0.135. The van der Waals surface area contributed by atoms with E-state index in [1.807, 2.05) is 13.8 Å². The number of hydrogen-bond acceptors (Lipinski definition) is 6. The van der Waals surface area contributed by atoms with Crippen molar-refractivity contribution < 1.29 is 13.2 Å². The summed E-state index contributed by atoms with van der Waals surface area (Å²) in [4.78, 5) is 14.9. The summed E-state index contributed by atoms with van der Waals surface area (Å²) < 4.78 is 27.5. The van der Waals surface area contributed by atoms with Gasteiger partial charge >= 0.3 is 0 Å². The Balaban J connectivity index is 1.73. The zero-order chi connectivity index (χ0) is 18.9. The molecule has 0 aromatic heterocycles. The van der Waals surface area contributed by atoms with E-state index in [9.17, 15) is 13.2 Å². The molecule has 1 amide bonds. The molecule has 0 bridgehead atoms. The van der Waals surface area contributed by atoms with E-state index in [2.05, 4.69) is 28.2 Å². The molecule has 0 radical (unpaired) electrons. The molecule has 2 aliphatic rings. The van der Waals surface area contributed by atoms with Crippen LogP contribution in [0.4, 0.5) is 0 Å². The van der Waals surface area contributed by atoms with Gasteiger partial charge in [0, 0.05) is 50.2 Å². The maximum absolute atomic E-state index is 13.0. The Morgan fingerprint density at radius 3 is 2.69 bits per heavy atom. The standard InChI is InChI=1S/C17H26N4O3S2/c1-17(2)16(22)19-7-9-20(17)11-13-12-21(10-8-18-13)26(23,24)15-6-4-3-5-14(15)25/h3-6,13,18,25H,7-12H2,1-2H3,(H,19,22)/t13-/m0/s1. The van der Waals surface area contributed by atoms with Gasteiger partial charge in [-0.25, -0.2) is 8.42 Å². The average Bonchev–Trinajstić information content (AvgIpc) is 2.60. The molecule has 1 aromatic carbocycles. The van der Waals surface area contributed by atoms with Crippen molar-refractivity contribution in [3.63, 3.8) is 0 Å². The molecule has 26 heavy (non-hydrogen) atoms. The normalized spacial score (nSPS) is 25.0. The van der Waals surface area contributed by atoms with Crippen LogP contribution in [0.1, 0.15) is 13.8 Å². The van der Waals surface area contributed by atoms with Crippen molar-refractivity contribution in [3.8, 4) is 0 Å². The molecule has 0 saturated carbocycles. The van der Waals surface area contributed by atoms with Crippen LogP contribution in [0.5, 0.6) is 0 Å². The fourth-order valence-electron chi connectivity index (χ4n) is 3.48. The van der Waals surface area contributed by atoms with Gasteiger partial charge in [0.2, 0.25) is 15.9 Å². The first kappa shape index (κ1) is 19.6. The number of sulfonamides is 1. The number of nitrogens with zero attached hydrogens (tertiary/aromatic N) is 2. The summed E-state index contributed by atoms with van der Waals surface area (Å²) in [5.41, 5.74) is -0.598. The minimum absolute atomic E-state index is 0.00744. The summed E-state index contributed by atoms with van der Waals surface area (Å²) >= 11 is 4.30. The molecule has 2 N–H and O–H groups in total. The SMILES string of the molecule is CC1(C)C(=O)NCCN1C[C@H]1CN(S(=O)(=O)c2ccccc2S)CCN1. The number of thiol groups is 1. The number of nitrogens with one attached hydrogen (secondary N) is 2. The molecule has 0 spiro atoms. The van der Waals surface area contributed by atoms with Gasteiger partial charge in [-0.1, -0.05) is 12.1 Å². The second kappa shape index (κ2) is 7.47. The van der Waals surface area contributed by atoms with Crippen LogP contribution >= 0.6 is 12.6 Å². The summed E-state index contributed by atoms with van der Waals surface area (Å²) in [6.07, 6.45) is 0. The highest BCUT2D eigenvalue weighted by molar-refractivity contribution is 7.90. The molecule has 9 heteroatoms. The zero-order valence-corrected chi connectivity index (χ0v) is 16.8. The first-order valence-electron chi connectivity index (χ1n) is 8.78. The molecule has 1 atom stereocenters. The van der Waals surface area contributed by atoms with E-state index in [0.29, 0.717) is 37.6 Å². The predicted octanol–water partition coefficient (Wildman–Crippen LogP) is 0.148. The van der Waals surface area contributed by atoms with Crippen LogP contribution in [-0.4, -0.2) is 74.4 Å². The summed E-state index contributed by atoms with van der Waals surface area (Å²) in [5.74, 6) is 0.00744. The minimum Gasteiger partial charge on any atom is -0.353 e. The van der Waals surface area contributed by atoms with Crippen molar-refractivity contribution in [2.45, 2.75) is 35.2 Å². The van der Waals surface area contributed by atoms with E-state index < -0.39 is 15.6 Å². The van der Waals surface area contributed by atoms with Gasteiger partial charge in [0.25, 0.3) is 0 Å². The Kier molecular flexibility index (Phi) is 5.64. The van der Waals surface area contributed by atoms with Gasteiger partial charge in [-0.2, -0.15) is 4.31 Å². The number of amides is 1. The van der Waals surface area contributed by atoms with E-state index in [1.165, 1.54) is 4.31 Å². The third kappa shape index (κ3) is 3.77. The van der Waals surface area contributed by atoms with Crippen LogP contribution in [0.3, 0.4) is 0 Å². The fraction of sp³-hybridized carbons (Fsp3) is 0.588. The maximum Gasteiger partial charge on any atom is 0.244 e. The van der Waals surface area contributed by atoms with Crippen LogP contribution in [0.15, 0.2) is 34.1 Å². The summed E-state index contributed by atoms with van der Waals surface area (Å²) in [7, 11) is -3.59. The molecule has 144 valence electrons. The Morgan fingerprint density at radius 1 is 1.23 bits per heavy atom. The average molecular weight is 399 g/mol. The largest absolute Gasteiger partial charge is 0.353 e. The van der Waals surface area contributed by atoms with E-state index in [4.69, 9.17) is 0 Å². The van der Waals surface area contributed by atoms with E-state index >= 15 is 0 Å². The number of piperazine rings is 2. The number of benzene rings is 1. The van der Waals surface area contributed by atoms with Gasteiger partial charge in [-0.05, 0) is 26.0 Å². The van der Waals surface area contributed by atoms with Gasteiger partial charge in [-0.15, -0.1) is 12.6 Å². The molecule has 1 aromatic rings. The monoisotopic (exact) mass is 398 g/mol. The lowest BCUT2D eigenvalue weighted by Gasteiger charge is -2.44. The Hall–Kier alpha value is -1.13. The molecule has 2 fully saturated rings. The predicted molar refractivity (Wildman–Crippen MR) is 103 cm³/mol. The van der Waals surface area contributed by atoms with Crippen LogP contribution < -0.4 is 10.6 Å². The summed E-state index contributed by atoms with van der Waals surface area (Å²) in [6.45, 7) is 7.16. The van der Waals surface area contributed by atoms with Gasteiger partial charge in [0.1, 0.15) is 0 Å². The van der Waals surface area contributed by atoms with Gasteiger partial charge < -0.3 is 10.6 Å². The maximum atomic E-state index is 13.0.